The smallest absolute Gasteiger partial charge is 0.244 e. The number of nitrogens with one attached hydrogen (secondary N) is 1. The van der Waals surface area contributed by atoms with Crippen LogP contribution in [0.3, 0.4) is 0 Å². The van der Waals surface area contributed by atoms with Crippen molar-refractivity contribution in [2.45, 2.75) is 30.6 Å². The number of benzene rings is 1. The molecule has 9 heteroatoms. The molecule has 1 N–H and O–H groups in total. The van der Waals surface area contributed by atoms with E-state index in [9.17, 15) is 22.8 Å². The lowest BCUT2D eigenvalue weighted by Crippen LogP contribution is -2.38. The minimum atomic E-state index is -3.75. The van der Waals surface area contributed by atoms with Crippen LogP contribution in [0, 0.1) is 11.8 Å². The molecule has 1 heterocycles. The Bertz CT molecular complexity index is 857. The van der Waals surface area contributed by atoms with Gasteiger partial charge in [-0.2, -0.15) is 0 Å². The van der Waals surface area contributed by atoms with Crippen LogP contribution in [-0.4, -0.2) is 56.0 Å². The summed E-state index contributed by atoms with van der Waals surface area (Å²) in [5.41, 5.74) is 0.118. The monoisotopic (exact) mass is 393 g/mol. The number of anilines is 1. The Kier molecular flexibility index (Phi) is 5.34. The van der Waals surface area contributed by atoms with Crippen molar-refractivity contribution in [3.8, 4) is 0 Å². The summed E-state index contributed by atoms with van der Waals surface area (Å²) in [6, 6.07) is 6.03. The number of hydrogen-bond donors (Lipinski definition) is 1. The van der Waals surface area contributed by atoms with Crippen molar-refractivity contribution >= 4 is 33.4 Å². The lowest BCUT2D eigenvalue weighted by atomic mass is 9.81. The molecule has 1 aliphatic carbocycles. The molecular formula is C18H23N3O5S. The lowest BCUT2D eigenvalue weighted by Gasteiger charge is -2.19. The van der Waals surface area contributed by atoms with Gasteiger partial charge in [0.2, 0.25) is 27.7 Å². The Morgan fingerprint density at radius 1 is 1.11 bits per heavy atom. The van der Waals surface area contributed by atoms with Crippen molar-refractivity contribution in [2.24, 2.45) is 11.8 Å². The zero-order valence-electron chi connectivity index (χ0n) is 15.3. The molecule has 1 saturated heterocycles. The summed E-state index contributed by atoms with van der Waals surface area (Å²) in [5.74, 6) is -1.83. The Morgan fingerprint density at radius 2 is 1.67 bits per heavy atom. The quantitative estimate of drug-likeness (QED) is 0.753. The van der Waals surface area contributed by atoms with Gasteiger partial charge in [0.1, 0.15) is 11.4 Å². The van der Waals surface area contributed by atoms with Gasteiger partial charge in [-0.25, -0.2) is 12.7 Å². The summed E-state index contributed by atoms with van der Waals surface area (Å²) in [6.45, 7) is -0.402. The van der Waals surface area contributed by atoms with Gasteiger partial charge in [0, 0.05) is 14.1 Å². The minimum Gasteiger partial charge on any atom is -0.323 e. The molecule has 1 aromatic rings. The molecule has 0 spiro atoms. The predicted molar refractivity (Wildman–Crippen MR) is 98.1 cm³/mol. The number of amides is 3. The highest BCUT2D eigenvalue weighted by atomic mass is 32.2. The number of likely N-dealkylation sites (tertiary alicyclic amines) is 1. The molecule has 2 fully saturated rings. The first-order valence-electron chi connectivity index (χ1n) is 8.90. The van der Waals surface area contributed by atoms with Crippen LogP contribution in [0.5, 0.6) is 0 Å². The molecule has 3 amide bonds. The minimum absolute atomic E-state index is 0.0453. The number of hydrogen-bond acceptors (Lipinski definition) is 5. The van der Waals surface area contributed by atoms with Gasteiger partial charge in [-0.05, 0) is 25.0 Å². The molecule has 1 aromatic carbocycles. The fourth-order valence-corrected chi connectivity index (χ4v) is 4.75. The van der Waals surface area contributed by atoms with Gasteiger partial charge in [-0.3, -0.25) is 19.3 Å². The number of carbonyl (C=O) groups excluding carboxylic acids is 3. The average molecular weight is 393 g/mol. The van der Waals surface area contributed by atoms with E-state index in [1.165, 1.54) is 26.2 Å². The molecule has 2 atom stereocenters. The van der Waals surface area contributed by atoms with Crippen molar-refractivity contribution in [2.75, 3.05) is 26.0 Å². The molecule has 1 saturated carbocycles. The Hall–Kier alpha value is -2.26. The largest absolute Gasteiger partial charge is 0.323 e. The number of sulfonamides is 1. The van der Waals surface area contributed by atoms with Crippen LogP contribution >= 0.6 is 0 Å². The zero-order chi connectivity index (χ0) is 19.8. The van der Waals surface area contributed by atoms with Gasteiger partial charge in [0.05, 0.1) is 17.5 Å². The van der Waals surface area contributed by atoms with Crippen LogP contribution in [0.4, 0.5) is 5.69 Å². The average Bonchev–Trinajstić information content (AvgIpc) is 2.87. The van der Waals surface area contributed by atoms with E-state index in [-0.39, 0.29) is 34.2 Å². The highest BCUT2D eigenvalue weighted by Gasteiger charge is 2.48. The maximum atomic E-state index is 12.5. The molecule has 0 radical (unpaired) electrons. The Labute approximate surface area is 158 Å². The molecule has 146 valence electrons. The zero-order valence-corrected chi connectivity index (χ0v) is 16.2. The molecular weight excluding hydrogens is 370 g/mol. The standard InChI is InChI=1S/C18H23N3O5S/c1-20(2)27(25,26)15-10-6-5-9-14(15)19-16(22)11-21-17(23)12-7-3-4-8-13(12)18(21)24/h5-6,9-10,12-13H,3-4,7-8,11H2,1-2H3,(H,19,22). The molecule has 8 nitrogen and oxygen atoms in total. The summed E-state index contributed by atoms with van der Waals surface area (Å²) in [4.78, 5) is 38.4. The number of nitrogens with zero attached hydrogens (tertiary/aromatic N) is 2. The molecule has 27 heavy (non-hydrogen) atoms. The Morgan fingerprint density at radius 3 is 2.22 bits per heavy atom. The summed E-state index contributed by atoms with van der Waals surface area (Å²) in [6.07, 6.45) is 3.18. The van der Waals surface area contributed by atoms with E-state index in [1.54, 1.807) is 12.1 Å². The van der Waals surface area contributed by atoms with Gasteiger partial charge >= 0.3 is 0 Å². The van der Waals surface area contributed by atoms with Crippen LogP contribution in [0.2, 0.25) is 0 Å². The number of carbonyl (C=O) groups is 3. The SMILES string of the molecule is CN(C)S(=O)(=O)c1ccccc1NC(=O)CN1C(=O)C2CCCCC2C1=O. The third-order valence-corrected chi connectivity index (χ3v) is 7.03. The van der Waals surface area contributed by atoms with Gasteiger partial charge in [0.25, 0.3) is 0 Å². The van der Waals surface area contributed by atoms with Gasteiger partial charge in [0.15, 0.2) is 0 Å². The van der Waals surface area contributed by atoms with Crippen LogP contribution in [0.1, 0.15) is 25.7 Å². The third-order valence-electron chi connectivity index (χ3n) is 5.15. The molecule has 1 aliphatic heterocycles. The fraction of sp³-hybridized carbons (Fsp3) is 0.500. The second-order valence-corrected chi connectivity index (χ2v) is 9.21. The highest BCUT2D eigenvalue weighted by molar-refractivity contribution is 7.89. The van der Waals surface area contributed by atoms with Gasteiger partial charge in [-0.1, -0.05) is 25.0 Å². The van der Waals surface area contributed by atoms with Crippen molar-refractivity contribution < 1.29 is 22.8 Å². The summed E-state index contributed by atoms with van der Waals surface area (Å²) in [7, 11) is -0.948. The van der Waals surface area contributed by atoms with Crippen molar-refractivity contribution in [3.05, 3.63) is 24.3 Å². The van der Waals surface area contributed by atoms with Crippen LogP contribution in [0.15, 0.2) is 29.2 Å². The highest BCUT2D eigenvalue weighted by Crippen LogP contribution is 2.37. The molecule has 0 aromatic heterocycles. The molecule has 2 aliphatic rings. The summed E-state index contributed by atoms with van der Waals surface area (Å²) in [5, 5.41) is 2.53. The van der Waals surface area contributed by atoms with Crippen molar-refractivity contribution in [1.29, 1.82) is 0 Å². The van der Waals surface area contributed by atoms with E-state index < -0.39 is 22.5 Å². The van der Waals surface area contributed by atoms with Crippen LogP contribution in [0.25, 0.3) is 0 Å². The van der Waals surface area contributed by atoms with Crippen LogP contribution < -0.4 is 5.32 Å². The van der Waals surface area contributed by atoms with E-state index in [4.69, 9.17) is 0 Å². The molecule has 3 rings (SSSR count). The topological polar surface area (TPSA) is 104 Å². The number of rotatable bonds is 5. The van der Waals surface area contributed by atoms with Crippen molar-refractivity contribution in [1.82, 2.24) is 9.21 Å². The Balaban J connectivity index is 1.76. The van der Waals surface area contributed by atoms with E-state index in [1.807, 2.05) is 0 Å². The number of imide groups is 1. The molecule has 0 bridgehead atoms. The predicted octanol–water partition coefficient (Wildman–Crippen LogP) is 1.05. The van der Waals surface area contributed by atoms with E-state index in [0.29, 0.717) is 12.8 Å². The maximum Gasteiger partial charge on any atom is 0.244 e. The number of para-hydroxylation sites is 1. The molecule has 2 unspecified atom stereocenters. The summed E-state index contributed by atoms with van der Waals surface area (Å²) >= 11 is 0. The number of fused-ring (bicyclic) bond motifs is 1. The first kappa shape index (κ1) is 19.5. The first-order chi connectivity index (χ1) is 12.7. The summed E-state index contributed by atoms with van der Waals surface area (Å²) < 4.78 is 25.9. The lowest BCUT2D eigenvalue weighted by molar-refractivity contribution is -0.142. The first-order valence-corrected chi connectivity index (χ1v) is 10.3. The maximum absolute atomic E-state index is 12.5. The van der Waals surface area contributed by atoms with Crippen molar-refractivity contribution in [3.63, 3.8) is 0 Å². The van der Waals surface area contributed by atoms with E-state index in [0.717, 1.165) is 22.0 Å². The van der Waals surface area contributed by atoms with Crippen LogP contribution in [-0.2, 0) is 24.4 Å². The second kappa shape index (κ2) is 7.40. The van der Waals surface area contributed by atoms with E-state index in [2.05, 4.69) is 5.32 Å². The normalized spacial score (nSPS) is 22.9. The van der Waals surface area contributed by atoms with Gasteiger partial charge < -0.3 is 5.32 Å². The van der Waals surface area contributed by atoms with Gasteiger partial charge in [-0.15, -0.1) is 0 Å². The second-order valence-electron chi connectivity index (χ2n) is 7.09. The third kappa shape index (κ3) is 3.61. The fourth-order valence-electron chi connectivity index (χ4n) is 3.71. The van der Waals surface area contributed by atoms with E-state index >= 15 is 0 Å².